The van der Waals surface area contributed by atoms with Crippen LogP contribution >= 0.6 is 0 Å². The van der Waals surface area contributed by atoms with Crippen LogP contribution in [0.15, 0.2) is 0 Å². The Morgan fingerprint density at radius 3 is 1.82 bits per heavy atom. The van der Waals surface area contributed by atoms with Gasteiger partial charge in [0, 0.05) is 13.1 Å². The fourth-order valence-electron chi connectivity index (χ4n) is 1.51. The van der Waals surface area contributed by atoms with Crippen molar-refractivity contribution in [2.24, 2.45) is 5.73 Å². The first-order chi connectivity index (χ1) is 8.22. The first-order valence-electron chi connectivity index (χ1n) is 5.99. The molecular formula is C11H22N2O4. The van der Waals surface area contributed by atoms with Gasteiger partial charge in [-0.25, -0.2) is 0 Å². The number of nitrogens with two attached hydrogens (primary N) is 1. The van der Waals surface area contributed by atoms with Crippen LogP contribution in [0.2, 0.25) is 0 Å². The largest absolute Gasteiger partial charge is 0.377 e. The maximum Gasteiger partial charge on any atom is 0.239 e. The molecule has 0 aliphatic carbocycles. The van der Waals surface area contributed by atoms with Crippen molar-refractivity contribution in [1.29, 1.82) is 0 Å². The van der Waals surface area contributed by atoms with E-state index in [1.54, 1.807) is 11.8 Å². The number of hydrogen-bond donors (Lipinski definition) is 1. The van der Waals surface area contributed by atoms with Crippen LogP contribution < -0.4 is 5.73 Å². The summed E-state index contributed by atoms with van der Waals surface area (Å²) >= 11 is 0. The summed E-state index contributed by atoms with van der Waals surface area (Å²) < 4.78 is 16.0. The Morgan fingerprint density at radius 2 is 1.41 bits per heavy atom. The Morgan fingerprint density at radius 1 is 1.00 bits per heavy atom. The molecule has 0 aromatic heterocycles. The van der Waals surface area contributed by atoms with Gasteiger partial charge in [-0.2, -0.15) is 0 Å². The minimum absolute atomic E-state index is 0.0643. The zero-order valence-corrected chi connectivity index (χ0v) is 10.4. The van der Waals surface area contributed by atoms with E-state index in [0.717, 1.165) is 0 Å². The molecule has 1 heterocycles. The highest BCUT2D eigenvalue weighted by molar-refractivity contribution is 5.81. The third-order valence-corrected chi connectivity index (χ3v) is 2.46. The molecule has 2 N–H and O–H groups in total. The molecule has 1 unspecified atom stereocenters. The van der Waals surface area contributed by atoms with E-state index in [0.29, 0.717) is 52.7 Å². The van der Waals surface area contributed by atoms with Crippen molar-refractivity contribution in [3.63, 3.8) is 0 Å². The summed E-state index contributed by atoms with van der Waals surface area (Å²) in [5, 5.41) is 0. The van der Waals surface area contributed by atoms with Gasteiger partial charge in [0.15, 0.2) is 0 Å². The predicted molar refractivity (Wildman–Crippen MR) is 62.7 cm³/mol. The number of rotatable bonds is 1. The molecule has 6 heteroatoms. The van der Waals surface area contributed by atoms with Gasteiger partial charge < -0.3 is 24.8 Å². The number of ether oxygens (including phenoxy) is 3. The zero-order valence-electron chi connectivity index (χ0n) is 10.4. The van der Waals surface area contributed by atoms with E-state index in [4.69, 9.17) is 19.9 Å². The van der Waals surface area contributed by atoms with E-state index in [1.807, 2.05) is 0 Å². The average Bonchev–Trinajstić information content (AvgIpc) is 2.29. The molecule has 1 aliphatic heterocycles. The highest BCUT2D eigenvalue weighted by Gasteiger charge is 2.17. The van der Waals surface area contributed by atoms with Crippen molar-refractivity contribution < 1.29 is 19.0 Å². The van der Waals surface area contributed by atoms with Crippen LogP contribution in [0, 0.1) is 0 Å². The number of carbonyl (C=O) groups excluding carboxylic acids is 1. The Kier molecular flexibility index (Phi) is 7.11. The highest BCUT2D eigenvalue weighted by atomic mass is 16.5. The molecule has 1 aliphatic rings. The van der Waals surface area contributed by atoms with Crippen LogP contribution in [-0.4, -0.2) is 69.6 Å². The van der Waals surface area contributed by atoms with Gasteiger partial charge in [-0.05, 0) is 6.92 Å². The highest BCUT2D eigenvalue weighted by Crippen LogP contribution is 1.96. The van der Waals surface area contributed by atoms with Gasteiger partial charge in [-0.15, -0.1) is 0 Å². The third kappa shape index (κ3) is 5.97. The van der Waals surface area contributed by atoms with Crippen LogP contribution in [0.5, 0.6) is 0 Å². The van der Waals surface area contributed by atoms with Crippen molar-refractivity contribution in [2.75, 3.05) is 52.7 Å². The maximum absolute atomic E-state index is 11.8. The Hall–Kier alpha value is -0.690. The molecule has 1 amide bonds. The molecule has 0 aromatic rings. The summed E-state index contributed by atoms with van der Waals surface area (Å²) in [6, 6.07) is -0.480. The first-order valence-corrected chi connectivity index (χ1v) is 5.99. The maximum atomic E-state index is 11.8. The topological polar surface area (TPSA) is 74.0 Å². The summed E-state index contributed by atoms with van der Waals surface area (Å²) in [4.78, 5) is 13.5. The minimum Gasteiger partial charge on any atom is -0.377 e. The van der Waals surface area contributed by atoms with E-state index in [9.17, 15) is 4.79 Å². The summed E-state index contributed by atoms with van der Waals surface area (Å²) in [7, 11) is 0. The quantitative estimate of drug-likeness (QED) is 0.657. The summed E-state index contributed by atoms with van der Waals surface area (Å²) in [6.45, 7) is 5.99. The molecule has 0 spiro atoms. The van der Waals surface area contributed by atoms with Gasteiger partial charge >= 0.3 is 0 Å². The zero-order chi connectivity index (χ0) is 12.5. The van der Waals surface area contributed by atoms with E-state index >= 15 is 0 Å². The molecule has 17 heavy (non-hydrogen) atoms. The second kappa shape index (κ2) is 8.41. The lowest BCUT2D eigenvalue weighted by Gasteiger charge is -2.24. The van der Waals surface area contributed by atoms with E-state index in [1.165, 1.54) is 0 Å². The molecule has 1 atom stereocenters. The molecule has 0 aromatic carbocycles. The SMILES string of the molecule is CC(N)C(=O)N1CCOCCOCCOCC1. The number of nitrogens with zero attached hydrogens (tertiary/aromatic N) is 1. The summed E-state index contributed by atoms with van der Waals surface area (Å²) in [5.41, 5.74) is 5.59. The van der Waals surface area contributed by atoms with Gasteiger partial charge in [0.05, 0.1) is 45.7 Å². The lowest BCUT2D eigenvalue weighted by molar-refractivity contribution is -0.134. The van der Waals surface area contributed by atoms with Crippen LogP contribution in [0.3, 0.4) is 0 Å². The van der Waals surface area contributed by atoms with E-state index < -0.39 is 6.04 Å². The number of hydrogen-bond acceptors (Lipinski definition) is 5. The lowest BCUT2D eigenvalue weighted by Crippen LogP contribution is -2.45. The second-order valence-corrected chi connectivity index (χ2v) is 3.95. The van der Waals surface area contributed by atoms with Crippen molar-refractivity contribution in [2.45, 2.75) is 13.0 Å². The molecule has 1 rings (SSSR count). The van der Waals surface area contributed by atoms with Crippen molar-refractivity contribution in [1.82, 2.24) is 4.90 Å². The predicted octanol–water partition coefficient (Wildman–Crippen LogP) is -0.774. The first kappa shape index (κ1) is 14.4. The lowest BCUT2D eigenvalue weighted by atomic mass is 10.3. The normalized spacial score (nSPS) is 22.4. The summed E-state index contributed by atoms with van der Waals surface area (Å²) in [5.74, 6) is -0.0643. The molecule has 100 valence electrons. The molecule has 0 bridgehead atoms. The van der Waals surface area contributed by atoms with Crippen LogP contribution in [-0.2, 0) is 19.0 Å². The fraction of sp³-hybridized carbons (Fsp3) is 0.909. The Labute approximate surface area is 102 Å². The van der Waals surface area contributed by atoms with Gasteiger partial charge in [-0.3, -0.25) is 4.79 Å². The standard InChI is InChI=1S/C11H22N2O4/c1-10(12)11(14)13-2-4-15-6-8-17-9-7-16-5-3-13/h10H,2-9,12H2,1H3. The fourth-order valence-corrected chi connectivity index (χ4v) is 1.51. The molecule has 0 radical (unpaired) electrons. The molecule has 6 nitrogen and oxygen atoms in total. The second-order valence-electron chi connectivity index (χ2n) is 3.95. The van der Waals surface area contributed by atoms with Crippen molar-refractivity contribution >= 4 is 5.91 Å². The van der Waals surface area contributed by atoms with Gasteiger partial charge in [-0.1, -0.05) is 0 Å². The smallest absolute Gasteiger partial charge is 0.239 e. The van der Waals surface area contributed by atoms with Gasteiger partial charge in [0.2, 0.25) is 5.91 Å². The molecule has 1 fully saturated rings. The molecular weight excluding hydrogens is 224 g/mol. The monoisotopic (exact) mass is 246 g/mol. The van der Waals surface area contributed by atoms with Gasteiger partial charge in [0.1, 0.15) is 0 Å². The Bertz CT molecular complexity index is 212. The minimum atomic E-state index is -0.480. The average molecular weight is 246 g/mol. The Balaban J connectivity index is 2.39. The molecule has 1 saturated heterocycles. The van der Waals surface area contributed by atoms with Crippen molar-refractivity contribution in [3.05, 3.63) is 0 Å². The van der Waals surface area contributed by atoms with E-state index in [-0.39, 0.29) is 5.91 Å². The van der Waals surface area contributed by atoms with Crippen LogP contribution in [0.25, 0.3) is 0 Å². The van der Waals surface area contributed by atoms with Crippen molar-refractivity contribution in [3.8, 4) is 0 Å². The number of carbonyl (C=O) groups is 1. The molecule has 0 saturated carbocycles. The third-order valence-electron chi connectivity index (χ3n) is 2.46. The van der Waals surface area contributed by atoms with Crippen LogP contribution in [0.4, 0.5) is 0 Å². The van der Waals surface area contributed by atoms with Gasteiger partial charge in [0.25, 0.3) is 0 Å². The van der Waals surface area contributed by atoms with E-state index in [2.05, 4.69) is 0 Å². The van der Waals surface area contributed by atoms with Crippen LogP contribution in [0.1, 0.15) is 6.92 Å². The number of amides is 1. The summed E-state index contributed by atoms with van der Waals surface area (Å²) in [6.07, 6.45) is 0.